The van der Waals surface area contributed by atoms with Gasteiger partial charge in [0.1, 0.15) is 0 Å². The van der Waals surface area contributed by atoms with E-state index in [-0.39, 0.29) is 0 Å². The molecule has 0 radical (unpaired) electrons. The molecule has 0 atom stereocenters. The van der Waals surface area contributed by atoms with Gasteiger partial charge in [-0.05, 0) is 51.7 Å². The van der Waals surface area contributed by atoms with Gasteiger partial charge in [-0.2, -0.15) is 0 Å². The normalized spacial score (nSPS) is 10.9. The molecular formula is C9H7ClINS. The lowest BCUT2D eigenvalue weighted by atomic mass is 10.1. The predicted molar refractivity (Wildman–Crippen MR) is 68.5 cm³/mol. The largest absolute Gasteiger partial charge is 0.391 e. The first-order chi connectivity index (χ1) is 6.20. The third-order valence-electron chi connectivity index (χ3n) is 1.85. The van der Waals surface area contributed by atoms with Gasteiger partial charge in [-0.25, -0.2) is 0 Å². The zero-order valence-corrected chi connectivity index (χ0v) is 10.4. The molecule has 0 saturated heterocycles. The number of rotatable bonds is 1. The Kier molecular flexibility index (Phi) is 2.67. The summed E-state index contributed by atoms with van der Waals surface area (Å²) in [6.07, 6.45) is 0. The number of hydrogen-bond acceptors (Lipinski definition) is 2. The van der Waals surface area contributed by atoms with E-state index in [2.05, 4.69) is 34.7 Å². The quantitative estimate of drug-likeness (QED) is 0.626. The lowest BCUT2D eigenvalue weighted by molar-refractivity contribution is 1.45. The summed E-state index contributed by atoms with van der Waals surface area (Å²) in [5.74, 6) is 0.545. The summed E-state index contributed by atoms with van der Waals surface area (Å²) in [6, 6.07) is 6.23. The number of anilines is 1. The molecule has 0 spiro atoms. The first-order valence-corrected chi connectivity index (χ1v) is 6.17. The van der Waals surface area contributed by atoms with Gasteiger partial charge in [0.05, 0.1) is 5.00 Å². The molecule has 0 aliphatic carbocycles. The monoisotopic (exact) mass is 323 g/mol. The Morgan fingerprint density at radius 3 is 2.85 bits per heavy atom. The number of nitrogen functional groups attached to an aromatic ring is 1. The van der Waals surface area contributed by atoms with Crippen molar-refractivity contribution in [3.63, 3.8) is 0 Å². The minimum atomic E-state index is 0.545. The molecule has 2 N–H and O–H groups in total. The number of nitrogens with two attached hydrogens (primary N) is 1. The molecular weight excluding hydrogens is 317 g/mol. The van der Waals surface area contributed by atoms with Crippen LogP contribution in [0.1, 0.15) is 5.56 Å². The van der Waals surface area contributed by atoms with Crippen LogP contribution in [0.2, 0.25) is 0 Å². The second kappa shape index (κ2) is 3.63. The molecule has 1 nitrogen and oxygen atoms in total. The zero-order chi connectivity index (χ0) is 9.42. The average Bonchev–Trinajstić information content (AvgIpc) is 2.43. The van der Waals surface area contributed by atoms with Crippen LogP contribution in [0.25, 0.3) is 10.1 Å². The molecule has 0 fully saturated rings. The van der Waals surface area contributed by atoms with Gasteiger partial charge in [-0.3, -0.25) is 0 Å². The standard InChI is InChI=1S/C9H7ClINS/c10-4-5-1-6(11)2-8-7(5)3-9(12)13-8/h1-3H,4,12H2. The minimum absolute atomic E-state index is 0.545. The highest BCUT2D eigenvalue weighted by Crippen LogP contribution is 2.32. The van der Waals surface area contributed by atoms with Crippen molar-refractivity contribution < 1.29 is 0 Å². The van der Waals surface area contributed by atoms with Gasteiger partial charge < -0.3 is 5.73 Å². The van der Waals surface area contributed by atoms with Gasteiger partial charge in [0.25, 0.3) is 0 Å². The van der Waals surface area contributed by atoms with Crippen molar-refractivity contribution in [3.05, 3.63) is 27.3 Å². The summed E-state index contributed by atoms with van der Waals surface area (Å²) < 4.78 is 2.43. The third kappa shape index (κ3) is 1.78. The fourth-order valence-corrected chi connectivity index (χ4v) is 3.34. The van der Waals surface area contributed by atoms with Gasteiger partial charge in [-0.15, -0.1) is 22.9 Å². The van der Waals surface area contributed by atoms with E-state index in [1.165, 1.54) is 13.7 Å². The highest BCUT2D eigenvalue weighted by atomic mass is 127. The number of benzene rings is 1. The molecule has 0 unspecified atom stereocenters. The van der Waals surface area contributed by atoms with Crippen LogP contribution in [0, 0.1) is 3.57 Å². The summed E-state index contributed by atoms with van der Waals surface area (Å²) >= 11 is 9.75. The van der Waals surface area contributed by atoms with Crippen molar-refractivity contribution in [3.8, 4) is 0 Å². The summed E-state index contributed by atoms with van der Waals surface area (Å²) in [4.78, 5) is 0. The molecule has 0 bridgehead atoms. The van der Waals surface area contributed by atoms with Crippen molar-refractivity contribution in [1.82, 2.24) is 0 Å². The molecule has 0 amide bonds. The predicted octanol–water partition coefficient (Wildman–Crippen LogP) is 3.83. The van der Waals surface area contributed by atoms with Gasteiger partial charge in [0, 0.05) is 14.2 Å². The van der Waals surface area contributed by atoms with Crippen molar-refractivity contribution in [1.29, 1.82) is 0 Å². The second-order valence-electron chi connectivity index (χ2n) is 2.76. The Balaban J connectivity index is 2.80. The Labute approximate surface area is 99.0 Å². The molecule has 0 aliphatic heterocycles. The van der Waals surface area contributed by atoms with Gasteiger partial charge in [0.2, 0.25) is 0 Å². The van der Waals surface area contributed by atoms with E-state index in [0.717, 1.165) is 10.6 Å². The number of thiophene rings is 1. The molecule has 68 valence electrons. The summed E-state index contributed by atoms with van der Waals surface area (Å²) in [5.41, 5.74) is 6.90. The van der Waals surface area contributed by atoms with Crippen LogP contribution >= 0.6 is 45.5 Å². The number of alkyl halides is 1. The van der Waals surface area contributed by atoms with E-state index in [1.54, 1.807) is 11.3 Å². The van der Waals surface area contributed by atoms with Crippen LogP contribution in [0.4, 0.5) is 5.00 Å². The Hall–Kier alpha value is -0.0000000000000000833. The molecule has 0 aliphatic rings. The third-order valence-corrected chi connectivity index (χ3v) is 3.67. The van der Waals surface area contributed by atoms with Crippen LogP contribution in [0.5, 0.6) is 0 Å². The first kappa shape index (κ1) is 9.55. The Morgan fingerprint density at radius 1 is 1.38 bits per heavy atom. The highest BCUT2D eigenvalue weighted by molar-refractivity contribution is 14.1. The number of hydrogen-bond donors (Lipinski definition) is 1. The molecule has 13 heavy (non-hydrogen) atoms. The lowest BCUT2D eigenvalue weighted by Crippen LogP contribution is -1.80. The molecule has 4 heteroatoms. The van der Waals surface area contributed by atoms with E-state index in [4.69, 9.17) is 17.3 Å². The van der Waals surface area contributed by atoms with Crippen LogP contribution in [-0.2, 0) is 5.88 Å². The Bertz CT molecular complexity index is 452. The van der Waals surface area contributed by atoms with Crippen LogP contribution < -0.4 is 5.73 Å². The zero-order valence-electron chi connectivity index (χ0n) is 6.68. The van der Waals surface area contributed by atoms with Crippen molar-refractivity contribution in [2.45, 2.75) is 5.88 Å². The molecule has 0 saturated carbocycles. The average molecular weight is 324 g/mol. The van der Waals surface area contributed by atoms with E-state index in [0.29, 0.717) is 5.88 Å². The molecule has 2 rings (SSSR count). The van der Waals surface area contributed by atoms with Crippen molar-refractivity contribution >= 4 is 60.6 Å². The summed E-state index contributed by atoms with van der Waals surface area (Å²) in [7, 11) is 0. The second-order valence-corrected chi connectivity index (χ2v) is 5.39. The molecule has 2 aromatic rings. The molecule has 1 aromatic heterocycles. The van der Waals surface area contributed by atoms with Gasteiger partial charge in [-0.1, -0.05) is 0 Å². The highest BCUT2D eigenvalue weighted by Gasteiger charge is 2.05. The van der Waals surface area contributed by atoms with E-state index < -0.39 is 0 Å². The topological polar surface area (TPSA) is 26.0 Å². The first-order valence-electron chi connectivity index (χ1n) is 3.74. The van der Waals surface area contributed by atoms with Crippen LogP contribution in [0.3, 0.4) is 0 Å². The number of fused-ring (bicyclic) bond motifs is 1. The van der Waals surface area contributed by atoms with Crippen molar-refractivity contribution in [2.24, 2.45) is 0 Å². The van der Waals surface area contributed by atoms with Crippen LogP contribution in [-0.4, -0.2) is 0 Å². The minimum Gasteiger partial charge on any atom is -0.391 e. The van der Waals surface area contributed by atoms with Gasteiger partial charge >= 0.3 is 0 Å². The van der Waals surface area contributed by atoms with E-state index >= 15 is 0 Å². The number of halogens is 2. The maximum absolute atomic E-state index is 5.85. The van der Waals surface area contributed by atoms with Gasteiger partial charge in [0.15, 0.2) is 0 Å². The fraction of sp³-hybridized carbons (Fsp3) is 0.111. The fourth-order valence-electron chi connectivity index (χ4n) is 1.30. The van der Waals surface area contributed by atoms with Crippen LogP contribution in [0.15, 0.2) is 18.2 Å². The SMILES string of the molecule is Nc1cc2c(CCl)cc(I)cc2s1. The lowest BCUT2D eigenvalue weighted by Gasteiger charge is -1.98. The molecule has 1 aromatic carbocycles. The maximum atomic E-state index is 5.85. The summed E-state index contributed by atoms with van der Waals surface area (Å²) in [5, 5.41) is 2.04. The van der Waals surface area contributed by atoms with E-state index in [9.17, 15) is 0 Å². The van der Waals surface area contributed by atoms with E-state index in [1.807, 2.05) is 6.07 Å². The summed E-state index contributed by atoms with van der Waals surface area (Å²) in [6.45, 7) is 0. The molecule has 1 heterocycles. The smallest absolute Gasteiger partial charge is 0.0868 e. The Morgan fingerprint density at radius 2 is 2.15 bits per heavy atom. The maximum Gasteiger partial charge on any atom is 0.0868 e. The van der Waals surface area contributed by atoms with Crippen molar-refractivity contribution in [2.75, 3.05) is 5.73 Å².